The monoisotopic (exact) mass is 662 g/mol. The molecule has 8 aromatic rings. The fraction of sp³-hybridized carbons (Fsp3) is 0.0476. The van der Waals surface area contributed by atoms with Crippen LogP contribution < -0.4 is 0 Å². The van der Waals surface area contributed by atoms with Gasteiger partial charge in [0.1, 0.15) is 0 Å². The van der Waals surface area contributed by atoms with Gasteiger partial charge in [0, 0.05) is 39.0 Å². The van der Waals surface area contributed by atoms with E-state index < -0.39 is 0 Å². The first-order valence-corrected chi connectivity index (χ1v) is 18.6. The lowest BCUT2D eigenvalue weighted by molar-refractivity contribution is 1.55. The molecule has 0 aliphatic rings. The van der Waals surface area contributed by atoms with Crippen LogP contribution in [0.25, 0.3) is 72.4 Å². The van der Waals surface area contributed by atoms with E-state index >= 15 is 0 Å². The molecular formula is C42H30S4. The van der Waals surface area contributed by atoms with Crippen LogP contribution in [0.3, 0.4) is 0 Å². The second kappa shape index (κ2) is 12.5. The Morgan fingerprint density at radius 1 is 0.283 bits per heavy atom. The Hall–Kier alpha value is -4.32. The van der Waals surface area contributed by atoms with Gasteiger partial charge in [0.2, 0.25) is 0 Å². The van der Waals surface area contributed by atoms with Crippen molar-refractivity contribution >= 4 is 45.3 Å². The summed E-state index contributed by atoms with van der Waals surface area (Å²) in [4.78, 5) is 10.7. The summed E-state index contributed by atoms with van der Waals surface area (Å²) in [6, 6.07) is 53.0. The number of hydrogen-bond acceptors (Lipinski definition) is 4. The fourth-order valence-corrected chi connectivity index (χ4v) is 10.6. The molecule has 0 saturated heterocycles. The van der Waals surface area contributed by atoms with Crippen molar-refractivity contribution in [3.8, 4) is 72.4 Å². The summed E-state index contributed by atoms with van der Waals surface area (Å²) in [5, 5.41) is 0. The van der Waals surface area contributed by atoms with Crippen LogP contribution in [-0.2, 0) is 0 Å². The van der Waals surface area contributed by atoms with E-state index in [4.69, 9.17) is 0 Å². The molecule has 46 heavy (non-hydrogen) atoms. The van der Waals surface area contributed by atoms with Crippen molar-refractivity contribution in [2.24, 2.45) is 0 Å². The third-order valence-electron chi connectivity index (χ3n) is 8.29. The number of benzene rings is 4. The molecule has 0 N–H and O–H groups in total. The second-order valence-corrected chi connectivity index (χ2v) is 15.7. The van der Waals surface area contributed by atoms with E-state index in [1.54, 1.807) is 0 Å². The van der Waals surface area contributed by atoms with Gasteiger partial charge in [-0.1, -0.05) is 109 Å². The van der Waals surface area contributed by atoms with Gasteiger partial charge in [-0.3, -0.25) is 0 Å². The Balaban J connectivity index is 1.01. The van der Waals surface area contributed by atoms with E-state index in [0.29, 0.717) is 0 Å². The molecule has 8 rings (SSSR count). The van der Waals surface area contributed by atoms with E-state index in [-0.39, 0.29) is 0 Å². The molecule has 222 valence electrons. The van der Waals surface area contributed by atoms with Crippen molar-refractivity contribution < 1.29 is 0 Å². The highest BCUT2D eigenvalue weighted by atomic mass is 32.1. The minimum atomic E-state index is 1.25. The molecule has 0 saturated carbocycles. The van der Waals surface area contributed by atoms with E-state index in [2.05, 4.69) is 159 Å². The van der Waals surface area contributed by atoms with Gasteiger partial charge in [0.25, 0.3) is 0 Å². The average molecular weight is 663 g/mol. The summed E-state index contributed by atoms with van der Waals surface area (Å²) in [5.41, 5.74) is 10.2. The smallest absolute Gasteiger partial charge is 0.0478 e. The Kier molecular flexibility index (Phi) is 7.89. The molecule has 0 spiro atoms. The van der Waals surface area contributed by atoms with Gasteiger partial charge < -0.3 is 0 Å². The molecule has 4 aromatic heterocycles. The number of aryl methyl sites for hydroxylation is 2. The van der Waals surface area contributed by atoms with Gasteiger partial charge >= 0.3 is 0 Å². The molecule has 0 nitrogen and oxygen atoms in total. The van der Waals surface area contributed by atoms with Gasteiger partial charge in [-0.2, -0.15) is 0 Å². The van der Waals surface area contributed by atoms with Crippen LogP contribution in [0.15, 0.2) is 146 Å². The molecule has 4 aromatic carbocycles. The molecule has 4 heteroatoms. The minimum Gasteiger partial charge on any atom is -0.134 e. The zero-order valence-electron chi connectivity index (χ0n) is 25.5. The Morgan fingerprint density at radius 3 is 1.00 bits per heavy atom. The molecule has 0 fully saturated rings. The summed E-state index contributed by atoms with van der Waals surface area (Å²) in [6.45, 7) is 4.48. The van der Waals surface area contributed by atoms with Gasteiger partial charge in [-0.05, 0) is 94.8 Å². The van der Waals surface area contributed by atoms with Crippen molar-refractivity contribution in [1.29, 1.82) is 0 Å². The van der Waals surface area contributed by atoms with Crippen molar-refractivity contribution in [1.82, 2.24) is 0 Å². The molecule has 0 radical (unpaired) electrons. The summed E-state index contributed by atoms with van der Waals surface area (Å²) in [5.74, 6) is 0. The predicted octanol–water partition coefficient (Wildman–Crippen LogP) is 14.2. The van der Waals surface area contributed by atoms with E-state index in [0.717, 1.165) is 0 Å². The fourth-order valence-electron chi connectivity index (χ4n) is 5.84. The second-order valence-electron chi connectivity index (χ2n) is 11.5. The first kappa shape index (κ1) is 29.1. The molecule has 0 aliphatic carbocycles. The van der Waals surface area contributed by atoms with Crippen LogP contribution in [0.1, 0.15) is 11.1 Å². The van der Waals surface area contributed by atoms with E-state index in [1.165, 1.54) is 83.5 Å². The summed E-state index contributed by atoms with van der Waals surface area (Å²) in [7, 11) is 0. The van der Waals surface area contributed by atoms with Gasteiger partial charge in [0.15, 0.2) is 0 Å². The Labute approximate surface area is 286 Å². The predicted molar refractivity (Wildman–Crippen MR) is 205 cm³/mol. The lowest BCUT2D eigenvalue weighted by Crippen LogP contribution is -1.77. The quantitative estimate of drug-likeness (QED) is 0.159. The number of rotatable bonds is 7. The van der Waals surface area contributed by atoms with Crippen LogP contribution in [0.4, 0.5) is 0 Å². The Morgan fingerprint density at radius 2 is 0.609 bits per heavy atom. The van der Waals surface area contributed by atoms with E-state index in [9.17, 15) is 0 Å². The average Bonchev–Trinajstić information content (AvgIpc) is 3.92. The van der Waals surface area contributed by atoms with Crippen LogP contribution in [0.5, 0.6) is 0 Å². The van der Waals surface area contributed by atoms with Gasteiger partial charge in [0.05, 0.1) is 0 Å². The summed E-state index contributed by atoms with van der Waals surface area (Å²) in [6.07, 6.45) is 0. The number of thiophene rings is 4. The normalized spacial score (nSPS) is 11.3. The Bertz CT molecular complexity index is 2080. The lowest BCUT2D eigenvalue weighted by Gasteiger charge is -2.03. The molecule has 0 unspecified atom stereocenters. The molecule has 0 amide bonds. The highest BCUT2D eigenvalue weighted by Gasteiger charge is 2.16. The SMILES string of the molecule is Cc1cc(-c2ccc(-c3ccccc3)cc2)sc1-c1ccc(-c2ccc(-c3sc(-c4ccc(-c5ccccc5)cc4)cc3C)s2)s1. The standard InChI is InChI=1S/C42H30S4/c1-27-25-39(33-17-13-31(14-18-33)29-9-5-3-6-10-29)45-41(27)37-23-21-35(43-37)36-22-24-38(44-36)42-28(2)26-40(46-42)34-19-15-32(16-20-34)30-11-7-4-8-12-30/h3-26H,1-2H3. The summed E-state index contributed by atoms with van der Waals surface area (Å²) >= 11 is 7.59. The first-order chi connectivity index (χ1) is 22.6. The zero-order chi connectivity index (χ0) is 31.0. The third kappa shape index (κ3) is 5.74. The molecule has 0 bridgehead atoms. The molecule has 0 aliphatic heterocycles. The van der Waals surface area contributed by atoms with Crippen LogP contribution in [0.2, 0.25) is 0 Å². The topological polar surface area (TPSA) is 0 Å². The minimum absolute atomic E-state index is 1.25. The van der Waals surface area contributed by atoms with Crippen LogP contribution in [0, 0.1) is 13.8 Å². The van der Waals surface area contributed by atoms with Crippen molar-refractivity contribution in [3.05, 3.63) is 157 Å². The highest BCUT2D eigenvalue weighted by molar-refractivity contribution is 7.29. The molecule has 4 heterocycles. The maximum absolute atomic E-state index is 2.34. The molecular weight excluding hydrogens is 633 g/mol. The summed E-state index contributed by atoms with van der Waals surface area (Å²) < 4.78 is 0. The largest absolute Gasteiger partial charge is 0.134 e. The lowest BCUT2D eigenvalue weighted by atomic mass is 10.0. The third-order valence-corrected chi connectivity index (χ3v) is 13.6. The van der Waals surface area contributed by atoms with Crippen LogP contribution >= 0.6 is 45.3 Å². The molecule has 0 atom stereocenters. The van der Waals surface area contributed by atoms with E-state index in [1.807, 2.05) is 45.3 Å². The maximum atomic E-state index is 2.34. The highest BCUT2D eigenvalue weighted by Crippen LogP contribution is 2.47. The zero-order valence-corrected chi connectivity index (χ0v) is 28.8. The number of hydrogen-bond donors (Lipinski definition) is 0. The van der Waals surface area contributed by atoms with Gasteiger partial charge in [-0.15, -0.1) is 45.3 Å². The van der Waals surface area contributed by atoms with Gasteiger partial charge in [-0.25, -0.2) is 0 Å². The van der Waals surface area contributed by atoms with Crippen molar-refractivity contribution in [2.45, 2.75) is 13.8 Å². The maximum Gasteiger partial charge on any atom is 0.0478 e. The first-order valence-electron chi connectivity index (χ1n) is 15.3. The van der Waals surface area contributed by atoms with Crippen molar-refractivity contribution in [2.75, 3.05) is 0 Å². The van der Waals surface area contributed by atoms with Crippen molar-refractivity contribution in [3.63, 3.8) is 0 Å². The van der Waals surface area contributed by atoms with Crippen LogP contribution in [-0.4, -0.2) is 0 Å².